The van der Waals surface area contributed by atoms with Gasteiger partial charge in [-0.3, -0.25) is 19.5 Å². The van der Waals surface area contributed by atoms with Crippen molar-refractivity contribution in [1.29, 1.82) is 0 Å². The molecular weight excluding hydrogens is 943 g/mol. The molecule has 3 aliphatic heterocycles. The van der Waals surface area contributed by atoms with Crippen LogP contribution in [0.15, 0.2) is 6.20 Å². The fraction of sp³-hybridized carbons (Fsp3) is 0.863. The van der Waals surface area contributed by atoms with Crippen LogP contribution in [0.5, 0.6) is 0 Å². The molecule has 1 amide bonds. The van der Waals surface area contributed by atoms with Crippen molar-refractivity contribution in [1.82, 2.24) is 15.5 Å². The summed E-state index contributed by atoms with van der Waals surface area (Å²) < 4.78 is 42.2. The number of carboxylic acids is 1. The minimum Gasteiger partial charge on any atom is -0.479 e. The van der Waals surface area contributed by atoms with Crippen molar-refractivity contribution in [2.45, 2.75) is 230 Å². The Bertz CT molecular complexity index is 2140. The van der Waals surface area contributed by atoms with Crippen LogP contribution in [0.3, 0.4) is 0 Å². The first-order valence-electron chi connectivity index (χ1n) is 25.9. The van der Waals surface area contributed by atoms with Crippen LogP contribution in [0, 0.1) is 39.9 Å². The molecule has 0 aromatic carbocycles. The van der Waals surface area contributed by atoms with Crippen LogP contribution in [0.1, 0.15) is 125 Å². The van der Waals surface area contributed by atoms with Gasteiger partial charge in [0.25, 0.3) is 0 Å². The Labute approximate surface area is 420 Å². The number of aromatic nitrogens is 2. The number of nitrogens with zero attached hydrogens (tertiary/aromatic N) is 1. The number of aliphatic hydroxyl groups is 6. The van der Waals surface area contributed by atoms with E-state index >= 15 is 0 Å². The highest BCUT2D eigenvalue weighted by Gasteiger charge is 2.65. The van der Waals surface area contributed by atoms with Crippen LogP contribution in [-0.4, -0.2) is 180 Å². The smallest absolute Gasteiger partial charge is 0.335 e. The van der Waals surface area contributed by atoms with Gasteiger partial charge in [-0.05, 0) is 112 Å². The van der Waals surface area contributed by atoms with Crippen molar-refractivity contribution in [3.63, 3.8) is 0 Å². The first kappa shape index (κ1) is 55.1. The zero-order chi connectivity index (χ0) is 52.6. The number of nitrogens with one attached hydrogen (secondary N) is 2. The first-order valence-corrected chi connectivity index (χ1v) is 25.9. The molecule has 21 nitrogen and oxygen atoms in total. The second-order valence-corrected chi connectivity index (χ2v) is 23.9. The number of hydrogen-bond donors (Lipinski definition) is 9. The molecule has 7 aliphatic rings. The number of aliphatic carboxylic acids is 1. The maximum Gasteiger partial charge on any atom is 0.335 e. The van der Waals surface area contributed by atoms with Crippen molar-refractivity contribution >= 4 is 23.6 Å². The number of carboxylic acid groups (broad SMARTS) is 1. The Morgan fingerprint density at radius 1 is 0.833 bits per heavy atom. The summed E-state index contributed by atoms with van der Waals surface area (Å²) in [4.78, 5) is 53.5. The van der Waals surface area contributed by atoms with Gasteiger partial charge in [0.1, 0.15) is 72.7 Å². The summed E-state index contributed by atoms with van der Waals surface area (Å²) in [5, 5.41) is 87.6. The molecule has 3 saturated heterocycles. The lowest BCUT2D eigenvalue weighted by atomic mass is 9.44. The number of fused-ring (bicyclic) bond motifs is 6. The number of ether oxygens (including phenoxy) is 7. The second-order valence-electron chi connectivity index (χ2n) is 23.9. The number of aliphatic hydroxyl groups excluding tert-OH is 6. The number of esters is 1. The van der Waals surface area contributed by atoms with Gasteiger partial charge in [-0.15, -0.1) is 0 Å². The highest BCUT2D eigenvalue weighted by Crippen LogP contribution is 2.68. The average Bonchev–Trinajstić information content (AvgIpc) is 3.86. The highest BCUT2D eigenvalue weighted by atomic mass is 16.7. The van der Waals surface area contributed by atoms with Crippen molar-refractivity contribution in [3.8, 4) is 0 Å². The molecule has 8 rings (SSSR count). The van der Waals surface area contributed by atoms with Gasteiger partial charge in [0.05, 0.1) is 31.4 Å². The third-order valence-corrected chi connectivity index (χ3v) is 18.1. The molecule has 6 fully saturated rings. The summed E-state index contributed by atoms with van der Waals surface area (Å²) >= 11 is 0. The van der Waals surface area contributed by atoms with Gasteiger partial charge in [0.15, 0.2) is 24.5 Å². The predicted molar refractivity (Wildman–Crippen MR) is 250 cm³/mol. The number of carbonyl (C=O) groups is 4. The SMILES string of the molecule is CC(=O)NC1C(OC2C(C(=O)O)OC(C(C)(C)C)C(O)C2O)OC(CO)C(O)C1OC1OC(C(=O)CCC(=O)O[C@@]2(C)CCC3C4CCC5Cc6[nH]ncc6C[C@]5(C)C4CC[C@@]32C)C(OC(C)C)C(O)C1O. The predicted octanol–water partition coefficient (Wildman–Crippen LogP) is 1.23. The summed E-state index contributed by atoms with van der Waals surface area (Å²) in [5.41, 5.74) is 0.872. The van der Waals surface area contributed by atoms with E-state index in [1.807, 2.05) is 13.1 Å². The van der Waals surface area contributed by atoms with E-state index in [0.717, 1.165) is 51.9 Å². The number of Topliss-reactive ketones (excluding diaryl/α,β-unsaturated/α-hetero) is 1. The third kappa shape index (κ3) is 10.0. The van der Waals surface area contributed by atoms with Crippen molar-refractivity contribution in [2.75, 3.05) is 6.61 Å². The van der Waals surface area contributed by atoms with Crippen molar-refractivity contribution in [2.24, 2.45) is 39.9 Å². The molecule has 1 aromatic rings. The topological polar surface area (TPSA) is 315 Å². The molecule has 3 saturated carbocycles. The number of rotatable bonds is 14. The van der Waals surface area contributed by atoms with E-state index in [9.17, 15) is 54.9 Å². The average molecular weight is 1020 g/mol. The summed E-state index contributed by atoms with van der Waals surface area (Å²) in [6, 6.07) is -1.62. The molecular formula is C51H79N3O18. The van der Waals surface area contributed by atoms with E-state index in [1.165, 1.54) is 11.3 Å². The van der Waals surface area contributed by atoms with Crippen LogP contribution < -0.4 is 5.32 Å². The second kappa shape index (κ2) is 20.7. The number of carbonyl (C=O) groups excluding carboxylic acids is 3. The number of ketones is 1. The van der Waals surface area contributed by atoms with Gasteiger partial charge < -0.3 is 74.2 Å². The first-order chi connectivity index (χ1) is 33.7. The molecule has 4 aliphatic carbocycles. The number of amides is 1. The standard InChI is InChI=1S/C51H79N3O18/c1-22(2)66-41-36(61)38(63)47(70-40-33(53-23(3)56)46(67-31(21-55)34(40)59)71-42-35(60)37(62)44(48(4,5)6)68-43(42)45(64)65)69-39(41)30(57)12-13-32(58)72-51(9)17-15-28-26-11-10-25-18-29-24(20-52-54-29)19-49(25,7)27(26)14-16-50(28,51)8/h20,22,25-28,31,33-44,46-47,55,59-63H,10-19,21H2,1-9H3,(H,52,54)(H,53,56)(H,64,65)/t25?,26?,27?,28?,31?,33?,34?,35?,36?,37?,38?,39?,40?,41?,42?,43?,44?,46?,47?,49-,50-,51-/m0/s1. The van der Waals surface area contributed by atoms with E-state index in [-0.39, 0.29) is 17.3 Å². The fourth-order valence-electron chi connectivity index (χ4n) is 14.2. The van der Waals surface area contributed by atoms with Gasteiger partial charge in [0, 0.05) is 24.5 Å². The zero-order valence-corrected chi connectivity index (χ0v) is 43.0. The molecule has 9 N–H and O–H groups in total. The molecule has 0 spiro atoms. The highest BCUT2D eigenvalue weighted by molar-refractivity contribution is 5.87. The van der Waals surface area contributed by atoms with Gasteiger partial charge >= 0.3 is 11.9 Å². The van der Waals surface area contributed by atoms with Gasteiger partial charge in [-0.25, -0.2) is 4.79 Å². The number of hydrogen-bond acceptors (Lipinski definition) is 18. The van der Waals surface area contributed by atoms with Crippen LogP contribution >= 0.6 is 0 Å². The van der Waals surface area contributed by atoms with E-state index in [4.69, 9.17) is 33.2 Å². The minimum atomic E-state index is -1.96. The van der Waals surface area contributed by atoms with E-state index < -0.39 is 146 Å². The number of H-pyrrole nitrogens is 1. The maximum absolute atomic E-state index is 14.3. The molecule has 0 bridgehead atoms. The van der Waals surface area contributed by atoms with E-state index in [0.29, 0.717) is 30.1 Å². The molecule has 19 unspecified atom stereocenters. The van der Waals surface area contributed by atoms with Crippen LogP contribution in [0.2, 0.25) is 0 Å². The fourth-order valence-corrected chi connectivity index (χ4v) is 14.2. The molecule has 22 atom stereocenters. The summed E-state index contributed by atoms with van der Waals surface area (Å²) in [6.07, 6.45) is -15.7. The molecule has 1 aromatic heterocycles. The largest absolute Gasteiger partial charge is 0.479 e. The zero-order valence-electron chi connectivity index (χ0n) is 43.0. The Balaban J connectivity index is 0.960. The normalized spacial score (nSPS) is 45.0. The molecule has 72 heavy (non-hydrogen) atoms. The third-order valence-electron chi connectivity index (χ3n) is 18.1. The maximum atomic E-state index is 14.3. The van der Waals surface area contributed by atoms with Crippen molar-refractivity contribution in [3.05, 3.63) is 17.5 Å². The van der Waals surface area contributed by atoms with Crippen molar-refractivity contribution < 1.29 is 88.1 Å². The van der Waals surface area contributed by atoms with Crippen LogP contribution in [0.25, 0.3) is 0 Å². The lowest BCUT2D eigenvalue weighted by Crippen LogP contribution is -2.70. The summed E-state index contributed by atoms with van der Waals surface area (Å²) in [5.74, 6) is -1.54. The number of aromatic amines is 1. The quantitative estimate of drug-likeness (QED) is 0.118. The van der Waals surface area contributed by atoms with Gasteiger partial charge in [-0.1, -0.05) is 34.6 Å². The lowest BCUT2D eigenvalue weighted by molar-refractivity contribution is -0.355. The Hall–Kier alpha value is -3.19. The Morgan fingerprint density at radius 2 is 1.51 bits per heavy atom. The molecule has 406 valence electrons. The Kier molecular flexibility index (Phi) is 15.9. The monoisotopic (exact) mass is 1020 g/mol. The summed E-state index contributed by atoms with van der Waals surface area (Å²) in [6.45, 7) is 15.3. The molecule has 0 radical (unpaired) electrons. The van der Waals surface area contributed by atoms with E-state index in [1.54, 1.807) is 34.6 Å². The van der Waals surface area contributed by atoms with Crippen LogP contribution in [0.4, 0.5) is 0 Å². The lowest BCUT2D eigenvalue weighted by Gasteiger charge is -2.61. The molecule has 4 heterocycles. The molecule has 21 heteroatoms. The van der Waals surface area contributed by atoms with Crippen LogP contribution in [-0.2, 0) is 65.2 Å². The Morgan fingerprint density at radius 3 is 2.17 bits per heavy atom. The minimum absolute atomic E-state index is 0.171. The summed E-state index contributed by atoms with van der Waals surface area (Å²) in [7, 11) is 0. The van der Waals surface area contributed by atoms with Gasteiger partial charge in [0.2, 0.25) is 5.91 Å². The van der Waals surface area contributed by atoms with Gasteiger partial charge in [-0.2, -0.15) is 5.10 Å². The van der Waals surface area contributed by atoms with E-state index in [2.05, 4.69) is 29.4 Å².